The van der Waals surface area contributed by atoms with Gasteiger partial charge in [-0.3, -0.25) is 9.88 Å². The molecule has 2 aromatic heterocycles. The number of aromatic hydroxyl groups is 1. The van der Waals surface area contributed by atoms with Crippen molar-refractivity contribution in [1.82, 2.24) is 14.8 Å². The molecular weight excluding hydrogens is 525 g/mol. The first-order valence-electron chi connectivity index (χ1n) is 13.5. The first kappa shape index (κ1) is 26.7. The van der Waals surface area contributed by atoms with Crippen molar-refractivity contribution in [2.45, 2.75) is 19.6 Å². The normalized spacial score (nSPS) is 15.4. The van der Waals surface area contributed by atoms with Gasteiger partial charge in [-0.25, -0.2) is 9.18 Å². The summed E-state index contributed by atoms with van der Waals surface area (Å²) in [6.07, 6.45) is 3.40. The number of hydrogen-bond donors (Lipinski definition) is 2. The fourth-order valence-corrected chi connectivity index (χ4v) is 5.72. The van der Waals surface area contributed by atoms with Crippen molar-refractivity contribution >= 4 is 27.7 Å². The highest BCUT2D eigenvalue weighted by Gasteiger charge is 2.34. The minimum absolute atomic E-state index is 0.0243. The Morgan fingerprint density at radius 1 is 1.05 bits per heavy atom. The Hall–Kier alpha value is -4.47. The Labute approximate surface area is 236 Å². The van der Waals surface area contributed by atoms with Gasteiger partial charge >= 0.3 is 5.97 Å². The molecule has 1 saturated heterocycles. The highest BCUT2D eigenvalue weighted by molar-refractivity contribution is 6.16. The van der Waals surface area contributed by atoms with Gasteiger partial charge in [0.25, 0.3) is 0 Å². The van der Waals surface area contributed by atoms with Crippen molar-refractivity contribution in [1.29, 1.82) is 0 Å². The second-order valence-electron chi connectivity index (χ2n) is 10.4. The number of piperazine rings is 1. The van der Waals surface area contributed by atoms with Gasteiger partial charge in [-0.05, 0) is 67.6 Å². The van der Waals surface area contributed by atoms with Crippen LogP contribution in [0, 0.1) is 12.7 Å². The van der Waals surface area contributed by atoms with Crippen LogP contribution in [0.1, 0.15) is 38.9 Å². The van der Waals surface area contributed by atoms with Crippen LogP contribution in [0.5, 0.6) is 11.5 Å². The molecular formula is C32H30FN3O5. The van der Waals surface area contributed by atoms with E-state index in [9.17, 15) is 19.4 Å². The lowest BCUT2D eigenvalue weighted by Crippen LogP contribution is -2.46. The Balaban J connectivity index is 1.56. The molecule has 0 amide bonds. The fourth-order valence-electron chi connectivity index (χ4n) is 5.72. The number of benzene rings is 3. The Morgan fingerprint density at radius 2 is 1.76 bits per heavy atom. The number of aromatic carboxylic acids is 1. The third kappa shape index (κ3) is 4.98. The standard InChI is InChI=1S/C32H30FN3O5/c1-19-26(32(38)39)27-28(29(21-9-11-34-12-10-21)36-15-13-35(2)14-16-36)30(37)25-17-23(7-8-24(25)31(27)41-19)40-18-20-3-5-22(33)6-4-20/h3-12,17,29,37H,13-16,18H2,1-2H3,(H,38,39). The van der Waals surface area contributed by atoms with Crippen LogP contribution >= 0.6 is 0 Å². The Kier molecular flexibility index (Phi) is 7.07. The van der Waals surface area contributed by atoms with Crippen molar-refractivity contribution < 1.29 is 28.6 Å². The van der Waals surface area contributed by atoms with E-state index in [-0.39, 0.29) is 29.5 Å². The van der Waals surface area contributed by atoms with Crippen LogP contribution in [-0.4, -0.2) is 64.2 Å². The van der Waals surface area contributed by atoms with Gasteiger partial charge < -0.3 is 24.3 Å². The lowest BCUT2D eigenvalue weighted by Gasteiger charge is -2.39. The quantitative estimate of drug-likeness (QED) is 0.262. The lowest BCUT2D eigenvalue weighted by molar-refractivity contribution is 0.0696. The number of carboxylic acid groups (broad SMARTS) is 1. The number of aromatic nitrogens is 1. The zero-order valence-electron chi connectivity index (χ0n) is 22.8. The van der Waals surface area contributed by atoms with E-state index in [2.05, 4.69) is 21.8 Å². The maximum absolute atomic E-state index is 13.3. The number of aryl methyl sites for hydroxylation is 1. The Bertz CT molecular complexity index is 1730. The second kappa shape index (κ2) is 10.8. The molecule has 3 heterocycles. The predicted molar refractivity (Wildman–Crippen MR) is 153 cm³/mol. The van der Waals surface area contributed by atoms with Crippen LogP contribution in [0.4, 0.5) is 4.39 Å². The second-order valence-corrected chi connectivity index (χ2v) is 10.4. The largest absolute Gasteiger partial charge is 0.507 e. The molecule has 0 bridgehead atoms. The molecule has 1 aliphatic heterocycles. The van der Waals surface area contributed by atoms with E-state index in [4.69, 9.17) is 9.15 Å². The number of carbonyl (C=O) groups is 1. The van der Waals surface area contributed by atoms with Crippen LogP contribution in [0.2, 0.25) is 0 Å². The van der Waals surface area contributed by atoms with Crippen molar-refractivity contribution in [2.24, 2.45) is 0 Å². The zero-order valence-corrected chi connectivity index (χ0v) is 22.8. The lowest BCUT2D eigenvalue weighted by atomic mass is 9.89. The number of hydrogen-bond acceptors (Lipinski definition) is 7. The summed E-state index contributed by atoms with van der Waals surface area (Å²) in [5.74, 6) is -0.691. The minimum Gasteiger partial charge on any atom is -0.507 e. The van der Waals surface area contributed by atoms with E-state index in [0.29, 0.717) is 33.1 Å². The highest BCUT2D eigenvalue weighted by atomic mass is 19.1. The number of pyridine rings is 1. The summed E-state index contributed by atoms with van der Waals surface area (Å²) in [5, 5.41) is 23.8. The van der Waals surface area contributed by atoms with E-state index < -0.39 is 12.0 Å². The summed E-state index contributed by atoms with van der Waals surface area (Å²) in [4.78, 5) is 21.2. The van der Waals surface area contributed by atoms with Crippen LogP contribution in [0.3, 0.4) is 0 Å². The summed E-state index contributed by atoms with van der Waals surface area (Å²) in [6, 6.07) is 14.7. The van der Waals surface area contributed by atoms with E-state index in [0.717, 1.165) is 37.3 Å². The maximum Gasteiger partial charge on any atom is 0.339 e. The fraction of sp³-hybridized carbons (Fsp3) is 0.250. The molecule has 1 fully saturated rings. The summed E-state index contributed by atoms with van der Waals surface area (Å²) in [5.41, 5.74) is 2.61. The van der Waals surface area contributed by atoms with Crippen LogP contribution in [-0.2, 0) is 6.61 Å². The number of phenolic OH excluding ortho intramolecular Hbond substituents is 1. The molecule has 41 heavy (non-hydrogen) atoms. The summed E-state index contributed by atoms with van der Waals surface area (Å²) in [7, 11) is 2.07. The molecule has 9 heteroatoms. The van der Waals surface area contributed by atoms with Gasteiger partial charge in [-0.15, -0.1) is 0 Å². The van der Waals surface area contributed by atoms with Gasteiger partial charge in [0.05, 0.1) is 6.04 Å². The molecule has 210 valence electrons. The molecule has 0 spiro atoms. The molecule has 5 aromatic rings. The van der Waals surface area contributed by atoms with E-state index in [1.165, 1.54) is 12.1 Å². The highest BCUT2D eigenvalue weighted by Crippen LogP contribution is 2.48. The zero-order chi connectivity index (χ0) is 28.7. The molecule has 8 nitrogen and oxygen atoms in total. The van der Waals surface area contributed by atoms with Crippen LogP contribution in [0.15, 0.2) is 71.4 Å². The van der Waals surface area contributed by atoms with E-state index in [1.807, 2.05) is 12.1 Å². The first-order chi connectivity index (χ1) is 19.8. The summed E-state index contributed by atoms with van der Waals surface area (Å²) < 4.78 is 25.5. The predicted octanol–water partition coefficient (Wildman–Crippen LogP) is 5.75. The smallest absolute Gasteiger partial charge is 0.339 e. The molecule has 3 aromatic carbocycles. The van der Waals surface area contributed by atoms with E-state index >= 15 is 0 Å². The SMILES string of the molecule is Cc1oc2c(c1C(=O)O)c(C(c1ccncc1)N1CCN(C)CC1)c(O)c1cc(OCc3ccc(F)cc3)ccc12. The molecule has 0 aliphatic carbocycles. The van der Waals surface area contributed by atoms with Crippen molar-refractivity contribution in [2.75, 3.05) is 33.2 Å². The molecule has 2 N–H and O–H groups in total. The number of halogens is 1. The van der Waals surface area contributed by atoms with Gasteiger partial charge in [0, 0.05) is 60.3 Å². The van der Waals surface area contributed by atoms with Gasteiger partial charge in [0.1, 0.15) is 40.8 Å². The van der Waals surface area contributed by atoms with Gasteiger partial charge in [-0.2, -0.15) is 0 Å². The number of rotatable bonds is 7. The third-order valence-corrected chi connectivity index (χ3v) is 7.83. The molecule has 1 atom stereocenters. The third-order valence-electron chi connectivity index (χ3n) is 7.83. The average molecular weight is 556 g/mol. The van der Waals surface area contributed by atoms with Gasteiger partial charge in [0.15, 0.2) is 0 Å². The summed E-state index contributed by atoms with van der Waals surface area (Å²) in [6.45, 7) is 4.96. The average Bonchev–Trinajstić information content (AvgIpc) is 3.33. The number of furan rings is 1. The molecule has 1 aliphatic rings. The monoisotopic (exact) mass is 555 g/mol. The first-order valence-corrected chi connectivity index (χ1v) is 13.5. The van der Waals surface area contributed by atoms with Crippen molar-refractivity contribution in [3.05, 3.63) is 101 Å². The molecule has 1 unspecified atom stereocenters. The van der Waals surface area contributed by atoms with Gasteiger partial charge in [0.2, 0.25) is 0 Å². The molecule has 6 rings (SSSR count). The summed E-state index contributed by atoms with van der Waals surface area (Å²) >= 11 is 0. The molecule has 0 saturated carbocycles. The van der Waals surface area contributed by atoms with Crippen molar-refractivity contribution in [3.8, 4) is 11.5 Å². The molecule has 0 radical (unpaired) electrons. The number of ether oxygens (including phenoxy) is 1. The van der Waals surface area contributed by atoms with Crippen LogP contribution < -0.4 is 4.74 Å². The topological polar surface area (TPSA) is 99.3 Å². The number of phenols is 1. The van der Waals surface area contributed by atoms with Crippen LogP contribution in [0.25, 0.3) is 21.7 Å². The van der Waals surface area contributed by atoms with E-state index in [1.54, 1.807) is 49.6 Å². The number of likely N-dealkylation sites (N-methyl/N-ethyl adjacent to an activating group) is 1. The van der Waals surface area contributed by atoms with Crippen molar-refractivity contribution in [3.63, 3.8) is 0 Å². The number of carboxylic acids is 1. The maximum atomic E-state index is 13.3. The Morgan fingerprint density at radius 3 is 2.44 bits per heavy atom. The number of fused-ring (bicyclic) bond motifs is 3. The number of nitrogens with zero attached hydrogens (tertiary/aromatic N) is 3. The van der Waals surface area contributed by atoms with Gasteiger partial charge in [-0.1, -0.05) is 12.1 Å². The minimum atomic E-state index is -1.12.